The van der Waals surface area contributed by atoms with E-state index in [2.05, 4.69) is 33.3 Å². The van der Waals surface area contributed by atoms with Gasteiger partial charge in [0, 0.05) is 6.54 Å². The number of hydrogen-bond acceptors (Lipinski definition) is 3. The molecule has 1 aromatic rings. The standard InChI is InChI=1S/C15H24BrN3O/c1-10(2)19-15(20)14(16)13(9-18-19)17-8-12-6-4-5-11(3)7-12/h9-12,17H,4-8H2,1-3H3. The maximum atomic E-state index is 12.1. The molecule has 0 spiro atoms. The van der Waals surface area contributed by atoms with Crippen molar-refractivity contribution in [1.82, 2.24) is 9.78 Å². The van der Waals surface area contributed by atoms with Crippen LogP contribution in [-0.4, -0.2) is 16.3 Å². The Kier molecular flexibility index (Phi) is 5.24. The highest BCUT2D eigenvalue weighted by Gasteiger charge is 2.19. The van der Waals surface area contributed by atoms with Gasteiger partial charge in [-0.1, -0.05) is 19.8 Å². The summed E-state index contributed by atoms with van der Waals surface area (Å²) in [6.07, 6.45) is 6.98. The molecule has 1 N–H and O–H groups in total. The van der Waals surface area contributed by atoms with Gasteiger partial charge in [-0.25, -0.2) is 4.68 Å². The maximum Gasteiger partial charge on any atom is 0.283 e. The van der Waals surface area contributed by atoms with E-state index >= 15 is 0 Å². The van der Waals surface area contributed by atoms with Gasteiger partial charge in [-0.15, -0.1) is 0 Å². The van der Waals surface area contributed by atoms with Gasteiger partial charge < -0.3 is 5.32 Å². The molecule has 0 saturated heterocycles. The predicted octanol–water partition coefficient (Wildman–Crippen LogP) is 3.82. The van der Waals surface area contributed by atoms with Crippen LogP contribution in [0, 0.1) is 11.8 Å². The number of hydrogen-bond donors (Lipinski definition) is 1. The molecule has 0 aromatic carbocycles. The summed E-state index contributed by atoms with van der Waals surface area (Å²) in [5.41, 5.74) is 0.743. The predicted molar refractivity (Wildman–Crippen MR) is 86.2 cm³/mol. The average molecular weight is 342 g/mol. The van der Waals surface area contributed by atoms with Crippen molar-refractivity contribution in [3.05, 3.63) is 21.0 Å². The summed E-state index contributed by atoms with van der Waals surface area (Å²) in [6.45, 7) is 7.16. The largest absolute Gasteiger partial charge is 0.382 e. The molecule has 1 fully saturated rings. The van der Waals surface area contributed by atoms with E-state index in [0.717, 1.165) is 18.2 Å². The SMILES string of the molecule is CC1CCCC(CNc2cnn(C(C)C)c(=O)c2Br)C1. The van der Waals surface area contributed by atoms with E-state index in [9.17, 15) is 4.79 Å². The van der Waals surface area contributed by atoms with Crippen molar-refractivity contribution >= 4 is 21.6 Å². The van der Waals surface area contributed by atoms with E-state index in [1.165, 1.54) is 30.4 Å². The molecule has 2 unspecified atom stereocenters. The second kappa shape index (κ2) is 6.74. The lowest BCUT2D eigenvalue weighted by Gasteiger charge is -2.27. The number of nitrogens with one attached hydrogen (secondary N) is 1. The van der Waals surface area contributed by atoms with Crippen LogP contribution in [0.3, 0.4) is 0 Å². The average Bonchev–Trinajstić information content (AvgIpc) is 2.40. The number of aromatic nitrogens is 2. The van der Waals surface area contributed by atoms with Gasteiger partial charge in [0.25, 0.3) is 5.56 Å². The van der Waals surface area contributed by atoms with Gasteiger partial charge in [0.1, 0.15) is 4.47 Å². The second-order valence-electron chi connectivity index (χ2n) is 6.23. The lowest BCUT2D eigenvalue weighted by Crippen LogP contribution is -2.27. The van der Waals surface area contributed by atoms with Crippen LogP contribution < -0.4 is 10.9 Å². The molecule has 5 heteroatoms. The molecule has 2 rings (SSSR count). The van der Waals surface area contributed by atoms with E-state index in [4.69, 9.17) is 0 Å². The van der Waals surface area contributed by atoms with Gasteiger partial charge >= 0.3 is 0 Å². The highest BCUT2D eigenvalue weighted by atomic mass is 79.9. The van der Waals surface area contributed by atoms with Crippen LogP contribution in [0.2, 0.25) is 0 Å². The van der Waals surface area contributed by atoms with E-state index < -0.39 is 0 Å². The van der Waals surface area contributed by atoms with Crippen molar-refractivity contribution in [1.29, 1.82) is 0 Å². The molecular weight excluding hydrogens is 318 g/mol. The zero-order valence-corrected chi connectivity index (χ0v) is 14.1. The van der Waals surface area contributed by atoms with Gasteiger partial charge in [0.05, 0.1) is 17.9 Å². The molecule has 1 aliphatic carbocycles. The second-order valence-corrected chi connectivity index (χ2v) is 7.03. The molecule has 4 nitrogen and oxygen atoms in total. The Morgan fingerprint density at radius 3 is 2.90 bits per heavy atom. The van der Waals surface area contributed by atoms with Crippen molar-refractivity contribution < 1.29 is 0 Å². The molecule has 0 aliphatic heterocycles. The molecule has 1 heterocycles. The highest BCUT2D eigenvalue weighted by molar-refractivity contribution is 9.10. The fourth-order valence-electron chi connectivity index (χ4n) is 2.94. The Hall–Kier alpha value is -0.840. The van der Waals surface area contributed by atoms with Crippen LogP contribution in [-0.2, 0) is 0 Å². The molecule has 1 aromatic heterocycles. The minimum atomic E-state index is -0.0676. The fraction of sp³-hybridized carbons (Fsp3) is 0.733. The summed E-state index contributed by atoms with van der Waals surface area (Å²) >= 11 is 3.40. The molecule has 0 amide bonds. The maximum absolute atomic E-state index is 12.1. The lowest BCUT2D eigenvalue weighted by molar-refractivity contribution is 0.293. The number of anilines is 1. The smallest absolute Gasteiger partial charge is 0.283 e. The first-order valence-corrected chi connectivity index (χ1v) is 8.29. The van der Waals surface area contributed by atoms with Gasteiger partial charge in [-0.2, -0.15) is 5.10 Å². The van der Waals surface area contributed by atoms with Crippen molar-refractivity contribution in [2.24, 2.45) is 11.8 Å². The first-order valence-electron chi connectivity index (χ1n) is 7.50. The van der Waals surface area contributed by atoms with E-state index in [-0.39, 0.29) is 11.6 Å². The zero-order chi connectivity index (χ0) is 14.7. The number of rotatable bonds is 4. The number of nitrogens with zero attached hydrogens (tertiary/aromatic N) is 2. The Morgan fingerprint density at radius 1 is 1.50 bits per heavy atom. The third-order valence-electron chi connectivity index (χ3n) is 4.06. The van der Waals surface area contributed by atoms with Crippen LogP contribution in [0.5, 0.6) is 0 Å². The van der Waals surface area contributed by atoms with Crippen molar-refractivity contribution in [3.8, 4) is 0 Å². The normalized spacial score (nSPS) is 23.1. The fourth-order valence-corrected chi connectivity index (χ4v) is 3.36. The lowest BCUT2D eigenvalue weighted by atomic mass is 9.82. The Labute approximate surface area is 129 Å². The van der Waals surface area contributed by atoms with Crippen molar-refractivity contribution in [3.63, 3.8) is 0 Å². The molecule has 0 radical (unpaired) electrons. The van der Waals surface area contributed by atoms with E-state index in [1.807, 2.05) is 13.8 Å². The third kappa shape index (κ3) is 3.62. The monoisotopic (exact) mass is 341 g/mol. The molecule has 0 bridgehead atoms. The quantitative estimate of drug-likeness (QED) is 0.905. The van der Waals surface area contributed by atoms with Gasteiger partial charge in [0.2, 0.25) is 0 Å². The first kappa shape index (κ1) is 15.5. The topological polar surface area (TPSA) is 46.9 Å². The van der Waals surface area contributed by atoms with Crippen molar-refractivity contribution in [2.75, 3.05) is 11.9 Å². The Bertz CT molecular complexity index is 512. The molecule has 1 saturated carbocycles. The molecule has 20 heavy (non-hydrogen) atoms. The summed E-state index contributed by atoms with van der Waals surface area (Å²) in [5, 5.41) is 7.62. The summed E-state index contributed by atoms with van der Waals surface area (Å²) < 4.78 is 2.09. The Balaban J connectivity index is 2.03. The first-order chi connectivity index (χ1) is 9.49. The van der Waals surface area contributed by atoms with Gasteiger partial charge in [-0.05, 0) is 54.5 Å². The molecule has 2 atom stereocenters. The van der Waals surface area contributed by atoms with Crippen LogP contribution >= 0.6 is 15.9 Å². The van der Waals surface area contributed by atoms with Gasteiger partial charge in [-0.3, -0.25) is 4.79 Å². The van der Waals surface area contributed by atoms with Crippen LogP contribution in [0.1, 0.15) is 52.5 Å². The highest BCUT2D eigenvalue weighted by Crippen LogP contribution is 2.29. The van der Waals surface area contributed by atoms with E-state index in [1.54, 1.807) is 6.20 Å². The Morgan fingerprint density at radius 2 is 2.25 bits per heavy atom. The van der Waals surface area contributed by atoms with Crippen LogP contribution in [0.25, 0.3) is 0 Å². The molecule has 112 valence electrons. The number of halogens is 1. The van der Waals surface area contributed by atoms with Crippen molar-refractivity contribution in [2.45, 2.75) is 52.5 Å². The minimum Gasteiger partial charge on any atom is -0.382 e. The van der Waals surface area contributed by atoms with E-state index in [0.29, 0.717) is 10.4 Å². The summed E-state index contributed by atoms with van der Waals surface area (Å²) in [6, 6.07) is 0.0760. The van der Waals surface area contributed by atoms with Crippen LogP contribution in [0.15, 0.2) is 15.5 Å². The third-order valence-corrected chi connectivity index (χ3v) is 4.83. The van der Waals surface area contributed by atoms with Crippen LogP contribution in [0.4, 0.5) is 5.69 Å². The van der Waals surface area contributed by atoms with Gasteiger partial charge in [0.15, 0.2) is 0 Å². The summed E-state index contributed by atoms with van der Waals surface area (Å²) in [5.74, 6) is 1.53. The summed E-state index contributed by atoms with van der Waals surface area (Å²) in [4.78, 5) is 12.1. The zero-order valence-electron chi connectivity index (χ0n) is 12.5. The molecule has 1 aliphatic rings. The summed E-state index contributed by atoms with van der Waals surface area (Å²) in [7, 11) is 0. The minimum absolute atomic E-state index is 0.0676. The molecular formula is C15H24BrN3O.